The summed E-state index contributed by atoms with van der Waals surface area (Å²) in [5.41, 5.74) is 1.16. The molecule has 1 N–H and O–H groups in total. The predicted molar refractivity (Wildman–Crippen MR) is 70.7 cm³/mol. The van der Waals surface area contributed by atoms with Crippen LogP contribution in [0.25, 0.3) is 0 Å². The van der Waals surface area contributed by atoms with E-state index in [1.54, 1.807) is 12.4 Å². The number of ether oxygens (including phenoxy) is 2. The molecule has 0 aliphatic carbocycles. The van der Waals surface area contributed by atoms with E-state index in [1.165, 1.54) is 12.8 Å². The molecule has 0 saturated carbocycles. The van der Waals surface area contributed by atoms with E-state index in [-0.39, 0.29) is 6.10 Å². The molecule has 1 aromatic heterocycles. The summed E-state index contributed by atoms with van der Waals surface area (Å²) in [5, 5.41) is 3.30. The van der Waals surface area contributed by atoms with Gasteiger partial charge in [-0.25, -0.2) is 0 Å². The van der Waals surface area contributed by atoms with Gasteiger partial charge in [-0.2, -0.15) is 0 Å². The molecule has 4 heteroatoms. The second kappa shape index (κ2) is 7.34. The van der Waals surface area contributed by atoms with Crippen LogP contribution < -0.4 is 10.1 Å². The third kappa shape index (κ3) is 3.96. The van der Waals surface area contributed by atoms with E-state index >= 15 is 0 Å². The highest BCUT2D eigenvalue weighted by atomic mass is 16.5. The summed E-state index contributed by atoms with van der Waals surface area (Å²) in [5.74, 6) is 0.868. The van der Waals surface area contributed by atoms with Gasteiger partial charge in [-0.1, -0.05) is 6.92 Å². The zero-order chi connectivity index (χ0) is 12.6. The molecule has 0 spiro atoms. The molecule has 2 heterocycles. The summed E-state index contributed by atoms with van der Waals surface area (Å²) < 4.78 is 11.5. The molecular formula is C14H22N2O2. The Kier molecular flexibility index (Phi) is 5.42. The van der Waals surface area contributed by atoms with Crippen LogP contribution >= 0.6 is 0 Å². The van der Waals surface area contributed by atoms with Crippen molar-refractivity contribution < 1.29 is 9.47 Å². The highest BCUT2D eigenvalue weighted by Crippen LogP contribution is 2.19. The molecule has 1 fully saturated rings. The minimum Gasteiger partial charge on any atom is -0.489 e. The van der Waals surface area contributed by atoms with Crippen LogP contribution in [-0.2, 0) is 11.3 Å². The van der Waals surface area contributed by atoms with Crippen molar-refractivity contribution in [3.63, 3.8) is 0 Å². The first-order chi connectivity index (χ1) is 8.90. The van der Waals surface area contributed by atoms with Gasteiger partial charge < -0.3 is 14.8 Å². The molecule has 0 radical (unpaired) electrons. The van der Waals surface area contributed by atoms with E-state index in [1.807, 2.05) is 6.07 Å². The number of hydrogen-bond donors (Lipinski definition) is 1. The Labute approximate surface area is 109 Å². The first-order valence-electron chi connectivity index (χ1n) is 6.78. The van der Waals surface area contributed by atoms with E-state index in [0.717, 1.165) is 37.4 Å². The van der Waals surface area contributed by atoms with Crippen LogP contribution in [0.5, 0.6) is 5.75 Å². The minimum absolute atomic E-state index is 0.242. The fraction of sp³-hybridized carbons (Fsp3) is 0.643. The lowest BCUT2D eigenvalue weighted by atomic mass is 10.1. The van der Waals surface area contributed by atoms with Gasteiger partial charge in [0.15, 0.2) is 0 Å². The van der Waals surface area contributed by atoms with Gasteiger partial charge in [-0.3, -0.25) is 4.98 Å². The summed E-state index contributed by atoms with van der Waals surface area (Å²) >= 11 is 0. The normalized spacial score (nSPS) is 19.7. The average molecular weight is 250 g/mol. The Hall–Kier alpha value is -1.13. The lowest BCUT2D eigenvalue weighted by Gasteiger charge is -2.23. The quantitative estimate of drug-likeness (QED) is 0.840. The molecule has 0 bridgehead atoms. The molecule has 100 valence electrons. The lowest BCUT2D eigenvalue weighted by molar-refractivity contribution is -0.0113. The number of rotatable bonds is 6. The van der Waals surface area contributed by atoms with Crippen LogP contribution in [0, 0.1) is 0 Å². The Bertz CT molecular complexity index is 351. The molecule has 1 aliphatic rings. The van der Waals surface area contributed by atoms with Crippen molar-refractivity contribution >= 4 is 0 Å². The van der Waals surface area contributed by atoms with Gasteiger partial charge in [0.25, 0.3) is 0 Å². The third-order valence-electron chi connectivity index (χ3n) is 3.13. The van der Waals surface area contributed by atoms with E-state index in [2.05, 4.69) is 17.2 Å². The molecule has 2 rings (SSSR count). The fourth-order valence-corrected chi connectivity index (χ4v) is 2.07. The fourth-order valence-electron chi connectivity index (χ4n) is 2.07. The highest BCUT2D eigenvalue weighted by molar-refractivity contribution is 5.29. The molecular weight excluding hydrogens is 228 g/mol. The second-order valence-corrected chi connectivity index (χ2v) is 4.56. The smallest absolute Gasteiger partial charge is 0.142 e. The van der Waals surface area contributed by atoms with Crippen molar-refractivity contribution in [2.45, 2.75) is 38.8 Å². The van der Waals surface area contributed by atoms with Crippen molar-refractivity contribution in [2.24, 2.45) is 0 Å². The minimum atomic E-state index is 0.242. The van der Waals surface area contributed by atoms with E-state index in [0.29, 0.717) is 6.61 Å². The van der Waals surface area contributed by atoms with Crippen LogP contribution in [0.3, 0.4) is 0 Å². The highest BCUT2D eigenvalue weighted by Gasteiger charge is 2.15. The second-order valence-electron chi connectivity index (χ2n) is 4.56. The Morgan fingerprint density at radius 3 is 3.22 bits per heavy atom. The van der Waals surface area contributed by atoms with Gasteiger partial charge in [-0.05, 0) is 31.9 Å². The maximum absolute atomic E-state index is 5.85. The molecule has 1 atom stereocenters. The predicted octanol–water partition coefficient (Wildman–Crippen LogP) is 2.14. The Morgan fingerprint density at radius 2 is 2.44 bits per heavy atom. The van der Waals surface area contributed by atoms with Crippen LogP contribution in [0.15, 0.2) is 18.5 Å². The van der Waals surface area contributed by atoms with Crippen LogP contribution in [-0.4, -0.2) is 30.8 Å². The van der Waals surface area contributed by atoms with Gasteiger partial charge in [0.1, 0.15) is 12.4 Å². The molecule has 0 amide bonds. The molecule has 4 nitrogen and oxygen atoms in total. The first kappa shape index (κ1) is 13.3. The van der Waals surface area contributed by atoms with Crippen molar-refractivity contribution in [3.05, 3.63) is 24.0 Å². The summed E-state index contributed by atoms with van der Waals surface area (Å²) in [4.78, 5) is 4.12. The van der Waals surface area contributed by atoms with Crippen molar-refractivity contribution in [2.75, 3.05) is 19.8 Å². The first-order valence-corrected chi connectivity index (χ1v) is 6.78. The van der Waals surface area contributed by atoms with Crippen molar-refractivity contribution in [1.29, 1.82) is 0 Å². The zero-order valence-corrected chi connectivity index (χ0v) is 11.0. The van der Waals surface area contributed by atoms with Crippen LogP contribution in [0.2, 0.25) is 0 Å². The third-order valence-corrected chi connectivity index (χ3v) is 3.13. The van der Waals surface area contributed by atoms with Gasteiger partial charge >= 0.3 is 0 Å². The molecule has 1 saturated heterocycles. The number of hydrogen-bond acceptors (Lipinski definition) is 4. The van der Waals surface area contributed by atoms with Crippen molar-refractivity contribution in [1.82, 2.24) is 10.3 Å². The van der Waals surface area contributed by atoms with Gasteiger partial charge in [0.2, 0.25) is 0 Å². The maximum atomic E-state index is 5.85. The van der Waals surface area contributed by atoms with E-state index < -0.39 is 0 Å². The average Bonchev–Trinajstić information content (AvgIpc) is 2.45. The number of aromatic nitrogens is 1. The SMILES string of the molecule is CCNCc1ccncc1OCC1CCCCO1. The van der Waals surface area contributed by atoms with Gasteiger partial charge in [-0.15, -0.1) is 0 Å². The summed E-state index contributed by atoms with van der Waals surface area (Å²) in [6, 6.07) is 2.00. The Balaban J connectivity index is 1.87. The van der Waals surface area contributed by atoms with Crippen LogP contribution in [0.4, 0.5) is 0 Å². The molecule has 0 aromatic carbocycles. The summed E-state index contributed by atoms with van der Waals surface area (Å²) in [7, 11) is 0. The molecule has 18 heavy (non-hydrogen) atoms. The van der Waals surface area contributed by atoms with Crippen molar-refractivity contribution in [3.8, 4) is 5.75 Å². The van der Waals surface area contributed by atoms with E-state index in [4.69, 9.17) is 9.47 Å². The summed E-state index contributed by atoms with van der Waals surface area (Å²) in [6.07, 6.45) is 7.35. The number of nitrogens with one attached hydrogen (secondary N) is 1. The summed E-state index contributed by atoms with van der Waals surface area (Å²) in [6.45, 7) is 5.36. The van der Waals surface area contributed by atoms with Crippen LogP contribution in [0.1, 0.15) is 31.7 Å². The number of nitrogens with zero attached hydrogens (tertiary/aromatic N) is 1. The zero-order valence-electron chi connectivity index (χ0n) is 11.0. The molecule has 1 aliphatic heterocycles. The van der Waals surface area contributed by atoms with E-state index in [9.17, 15) is 0 Å². The van der Waals surface area contributed by atoms with Gasteiger partial charge in [0.05, 0.1) is 12.3 Å². The lowest BCUT2D eigenvalue weighted by Crippen LogP contribution is -2.26. The molecule has 1 unspecified atom stereocenters. The van der Waals surface area contributed by atoms with Gasteiger partial charge in [0, 0.05) is 24.9 Å². The topological polar surface area (TPSA) is 43.4 Å². The Morgan fingerprint density at radius 1 is 1.50 bits per heavy atom. The molecule has 1 aromatic rings. The maximum Gasteiger partial charge on any atom is 0.142 e. The number of pyridine rings is 1. The standard InChI is InChI=1S/C14H22N2O2/c1-2-15-9-12-6-7-16-10-14(12)18-11-13-5-3-4-8-17-13/h6-7,10,13,15H,2-5,8-9,11H2,1H3. The largest absolute Gasteiger partial charge is 0.489 e. The monoisotopic (exact) mass is 250 g/mol.